The first kappa shape index (κ1) is 16.2. The summed E-state index contributed by atoms with van der Waals surface area (Å²) < 4.78 is 0. The van der Waals surface area contributed by atoms with Gasteiger partial charge in [0.1, 0.15) is 0 Å². The molecule has 1 aromatic heterocycles. The largest absolute Gasteiger partial charge is 0.310 e. The smallest absolute Gasteiger partial charge is 0.0375 e. The van der Waals surface area contributed by atoms with Gasteiger partial charge in [-0.25, -0.2) is 0 Å². The second-order valence-electron chi connectivity index (χ2n) is 5.49. The summed E-state index contributed by atoms with van der Waals surface area (Å²) in [5.74, 6) is 0.831. The molecule has 108 valence electrons. The molecular weight excluding hydrogens is 232 g/mol. The minimum atomic E-state index is 0.480. The fourth-order valence-electron chi connectivity index (χ4n) is 2.68. The lowest BCUT2D eigenvalue weighted by molar-refractivity contribution is 0.357. The first-order chi connectivity index (χ1) is 9.21. The molecule has 0 spiro atoms. The number of rotatable bonds is 9. The molecule has 1 heterocycles. The van der Waals surface area contributed by atoms with E-state index < -0.39 is 0 Å². The zero-order valence-corrected chi connectivity index (χ0v) is 13.1. The van der Waals surface area contributed by atoms with Crippen LogP contribution in [-0.2, 0) is 0 Å². The summed E-state index contributed by atoms with van der Waals surface area (Å²) in [5, 5.41) is 3.64. The molecular formula is C17H30N2. The fourth-order valence-corrected chi connectivity index (χ4v) is 2.68. The molecule has 1 rings (SSSR count). The summed E-state index contributed by atoms with van der Waals surface area (Å²) in [6, 6.07) is 4.86. The van der Waals surface area contributed by atoms with E-state index in [1.165, 1.54) is 37.7 Å². The summed E-state index contributed by atoms with van der Waals surface area (Å²) >= 11 is 0. The van der Waals surface area contributed by atoms with Crippen LogP contribution in [0.2, 0.25) is 0 Å². The van der Waals surface area contributed by atoms with Crippen LogP contribution in [0.15, 0.2) is 18.3 Å². The fraction of sp³-hybridized carbons (Fsp3) is 0.706. The van der Waals surface area contributed by atoms with Crippen LogP contribution in [0.3, 0.4) is 0 Å². The molecule has 0 fully saturated rings. The standard InChI is InChI=1S/C17H30N2/c1-5-8-9-15(6-2)13-17(18-7-3)16-10-11-19-14(4)12-16/h10-12,15,17-18H,5-9,13H2,1-4H3. The number of pyridine rings is 1. The quantitative estimate of drug-likeness (QED) is 0.701. The van der Waals surface area contributed by atoms with Gasteiger partial charge < -0.3 is 5.32 Å². The molecule has 0 saturated carbocycles. The lowest BCUT2D eigenvalue weighted by Gasteiger charge is -2.24. The summed E-state index contributed by atoms with van der Waals surface area (Å²) in [7, 11) is 0. The Balaban J connectivity index is 2.70. The Hall–Kier alpha value is -0.890. The second kappa shape index (κ2) is 9.08. The van der Waals surface area contributed by atoms with Gasteiger partial charge in [0.05, 0.1) is 0 Å². The van der Waals surface area contributed by atoms with E-state index in [4.69, 9.17) is 0 Å². The maximum atomic E-state index is 4.30. The third kappa shape index (κ3) is 5.73. The van der Waals surface area contributed by atoms with Gasteiger partial charge in [-0.2, -0.15) is 0 Å². The Bertz CT molecular complexity index is 349. The second-order valence-corrected chi connectivity index (χ2v) is 5.49. The van der Waals surface area contributed by atoms with E-state index in [9.17, 15) is 0 Å². The molecule has 2 heteroatoms. The molecule has 0 amide bonds. The van der Waals surface area contributed by atoms with Gasteiger partial charge in [0.2, 0.25) is 0 Å². The van der Waals surface area contributed by atoms with Crippen LogP contribution in [0.5, 0.6) is 0 Å². The van der Waals surface area contributed by atoms with E-state index in [1.807, 2.05) is 6.20 Å². The van der Waals surface area contributed by atoms with Gasteiger partial charge in [0, 0.05) is 17.9 Å². The third-order valence-corrected chi connectivity index (χ3v) is 3.89. The minimum Gasteiger partial charge on any atom is -0.310 e. The first-order valence-electron chi connectivity index (χ1n) is 7.87. The molecule has 2 atom stereocenters. The predicted molar refractivity (Wildman–Crippen MR) is 83.3 cm³/mol. The van der Waals surface area contributed by atoms with Gasteiger partial charge in [0.15, 0.2) is 0 Å². The molecule has 0 aromatic carbocycles. The molecule has 0 aliphatic carbocycles. The topological polar surface area (TPSA) is 24.9 Å². The summed E-state index contributed by atoms with van der Waals surface area (Å²) in [4.78, 5) is 4.30. The summed E-state index contributed by atoms with van der Waals surface area (Å²) in [5.41, 5.74) is 2.51. The Kier molecular flexibility index (Phi) is 7.73. The van der Waals surface area contributed by atoms with E-state index in [0.29, 0.717) is 6.04 Å². The minimum absolute atomic E-state index is 0.480. The number of aromatic nitrogens is 1. The van der Waals surface area contributed by atoms with E-state index in [-0.39, 0.29) is 0 Å². The molecule has 0 aliphatic heterocycles. The highest BCUT2D eigenvalue weighted by atomic mass is 14.9. The molecule has 1 N–H and O–H groups in total. The number of nitrogens with one attached hydrogen (secondary N) is 1. The Morgan fingerprint density at radius 2 is 2.05 bits per heavy atom. The lowest BCUT2D eigenvalue weighted by Crippen LogP contribution is -2.23. The van der Waals surface area contributed by atoms with Crippen molar-refractivity contribution in [3.05, 3.63) is 29.6 Å². The molecule has 19 heavy (non-hydrogen) atoms. The first-order valence-corrected chi connectivity index (χ1v) is 7.87. The maximum Gasteiger partial charge on any atom is 0.0375 e. The van der Waals surface area contributed by atoms with E-state index >= 15 is 0 Å². The summed E-state index contributed by atoms with van der Waals surface area (Å²) in [6.45, 7) is 9.88. The van der Waals surface area contributed by atoms with Gasteiger partial charge >= 0.3 is 0 Å². The van der Waals surface area contributed by atoms with Crippen molar-refractivity contribution >= 4 is 0 Å². The Labute approximate surface area is 119 Å². The van der Waals surface area contributed by atoms with Crippen molar-refractivity contribution < 1.29 is 0 Å². The van der Waals surface area contributed by atoms with Crippen LogP contribution in [0.25, 0.3) is 0 Å². The number of hydrogen-bond donors (Lipinski definition) is 1. The van der Waals surface area contributed by atoms with Gasteiger partial charge in [-0.05, 0) is 43.5 Å². The SMILES string of the molecule is CCCCC(CC)CC(NCC)c1ccnc(C)c1. The van der Waals surface area contributed by atoms with Crippen LogP contribution in [-0.4, -0.2) is 11.5 Å². The van der Waals surface area contributed by atoms with Gasteiger partial charge in [-0.1, -0.05) is 46.5 Å². The highest BCUT2D eigenvalue weighted by molar-refractivity contribution is 5.19. The lowest BCUT2D eigenvalue weighted by atomic mass is 9.89. The number of nitrogens with zero attached hydrogens (tertiary/aromatic N) is 1. The highest BCUT2D eigenvalue weighted by Crippen LogP contribution is 2.26. The molecule has 2 nitrogen and oxygen atoms in total. The van der Waals surface area contributed by atoms with E-state index in [2.05, 4.69) is 50.1 Å². The predicted octanol–water partition coefficient (Wildman–Crippen LogP) is 4.65. The number of aryl methyl sites for hydroxylation is 1. The van der Waals surface area contributed by atoms with Crippen molar-refractivity contribution in [1.82, 2.24) is 10.3 Å². The highest BCUT2D eigenvalue weighted by Gasteiger charge is 2.16. The third-order valence-electron chi connectivity index (χ3n) is 3.89. The van der Waals surface area contributed by atoms with Crippen LogP contribution < -0.4 is 5.32 Å². The normalized spacial score (nSPS) is 14.3. The monoisotopic (exact) mass is 262 g/mol. The van der Waals surface area contributed by atoms with Gasteiger partial charge in [-0.15, -0.1) is 0 Å². The molecule has 0 aliphatic rings. The number of hydrogen-bond acceptors (Lipinski definition) is 2. The van der Waals surface area contributed by atoms with Crippen LogP contribution in [0.1, 0.15) is 70.2 Å². The maximum absolute atomic E-state index is 4.30. The molecule has 0 bridgehead atoms. The van der Waals surface area contributed by atoms with Crippen molar-refractivity contribution in [2.45, 2.75) is 65.8 Å². The van der Waals surface area contributed by atoms with Crippen molar-refractivity contribution in [3.63, 3.8) is 0 Å². The van der Waals surface area contributed by atoms with E-state index in [1.54, 1.807) is 0 Å². The van der Waals surface area contributed by atoms with Crippen LogP contribution >= 0.6 is 0 Å². The average molecular weight is 262 g/mol. The Morgan fingerprint density at radius 3 is 2.63 bits per heavy atom. The van der Waals surface area contributed by atoms with E-state index in [0.717, 1.165) is 18.2 Å². The molecule has 0 radical (unpaired) electrons. The van der Waals surface area contributed by atoms with Gasteiger partial charge in [-0.3, -0.25) is 4.98 Å². The van der Waals surface area contributed by atoms with Crippen molar-refractivity contribution in [3.8, 4) is 0 Å². The molecule has 1 aromatic rings. The van der Waals surface area contributed by atoms with Gasteiger partial charge in [0.25, 0.3) is 0 Å². The zero-order chi connectivity index (χ0) is 14.1. The van der Waals surface area contributed by atoms with Crippen LogP contribution in [0, 0.1) is 12.8 Å². The molecule has 0 saturated heterocycles. The number of unbranched alkanes of at least 4 members (excludes halogenated alkanes) is 1. The molecule has 2 unspecified atom stereocenters. The average Bonchev–Trinajstić information content (AvgIpc) is 2.42. The zero-order valence-electron chi connectivity index (χ0n) is 13.1. The van der Waals surface area contributed by atoms with Crippen molar-refractivity contribution in [1.29, 1.82) is 0 Å². The summed E-state index contributed by atoms with van der Waals surface area (Å²) in [6.07, 6.45) is 8.48. The van der Waals surface area contributed by atoms with Crippen molar-refractivity contribution in [2.24, 2.45) is 5.92 Å². The van der Waals surface area contributed by atoms with Crippen molar-refractivity contribution in [2.75, 3.05) is 6.54 Å². The van der Waals surface area contributed by atoms with Crippen LogP contribution in [0.4, 0.5) is 0 Å². The Morgan fingerprint density at radius 1 is 1.26 bits per heavy atom.